The summed E-state index contributed by atoms with van der Waals surface area (Å²) < 4.78 is 13.6. The lowest BCUT2D eigenvalue weighted by Crippen LogP contribution is -2.36. The highest BCUT2D eigenvalue weighted by Gasteiger charge is 2.33. The van der Waals surface area contributed by atoms with E-state index in [1.54, 1.807) is 6.07 Å². The first-order chi connectivity index (χ1) is 9.54. The molecule has 20 heavy (non-hydrogen) atoms. The van der Waals surface area contributed by atoms with Crippen LogP contribution in [0.15, 0.2) is 18.2 Å². The molecule has 0 atom stereocenters. The molecular weight excluding hydrogens is 279 g/mol. The largest absolute Gasteiger partial charge is 0.330 e. The Morgan fingerprint density at radius 2 is 2.05 bits per heavy atom. The van der Waals surface area contributed by atoms with Gasteiger partial charge >= 0.3 is 0 Å². The molecule has 3 nitrogen and oxygen atoms in total. The van der Waals surface area contributed by atoms with E-state index in [-0.39, 0.29) is 17.0 Å². The summed E-state index contributed by atoms with van der Waals surface area (Å²) in [5.74, 6) is -0.699. The van der Waals surface area contributed by atoms with Crippen LogP contribution in [0, 0.1) is 11.2 Å². The predicted octanol–water partition coefficient (Wildman–Crippen LogP) is 3.72. The molecule has 1 fully saturated rings. The molecule has 0 aliphatic heterocycles. The number of nitrogens with one attached hydrogen (secondary N) is 1. The molecular formula is C15H20ClFN2O. The fourth-order valence-electron chi connectivity index (χ4n) is 2.88. The molecule has 0 aromatic heterocycles. The lowest BCUT2D eigenvalue weighted by molar-refractivity contribution is -0.118. The second-order valence-corrected chi connectivity index (χ2v) is 6.05. The molecule has 1 saturated carbocycles. The van der Waals surface area contributed by atoms with Gasteiger partial charge in [-0.25, -0.2) is 4.39 Å². The Morgan fingerprint density at radius 3 is 2.65 bits per heavy atom. The lowest BCUT2D eigenvalue weighted by Gasteiger charge is -2.35. The average molecular weight is 299 g/mol. The van der Waals surface area contributed by atoms with Crippen LogP contribution in [-0.4, -0.2) is 12.5 Å². The van der Waals surface area contributed by atoms with Gasteiger partial charge in [0.25, 0.3) is 0 Å². The summed E-state index contributed by atoms with van der Waals surface area (Å²) in [5, 5.41) is 2.93. The van der Waals surface area contributed by atoms with Gasteiger partial charge in [0.2, 0.25) is 5.91 Å². The van der Waals surface area contributed by atoms with Crippen molar-refractivity contribution in [2.75, 3.05) is 11.9 Å². The summed E-state index contributed by atoms with van der Waals surface area (Å²) in [4.78, 5) is 12.1. The van der Waals surface area contributed by atoms with E-state index in [0.717, 1.165) is 25.7 Å². The van der Waals surface area contributed by atoms with Crippen molar-refractivity contribution in [3.05, 3.63) is 29.0 Å². The van der Waals surface area contributed by atoms with Gasteiger partial charge in [0.05, 0.1) is 5.69 Å². The van der Waals surface area contributed by atoms with Crippen molar-refractivity contribution < 1.29 is 9.18 Å². The number of nitrogens with two attached hydrogens (primary N) is 1. The zero-order valence-electron chi connectivity index (χ0n) is 11.4. The molecule has 3 N–H and O–H groups in total. The maximum Gasteiger partial charge on any atom is 0.225 e. The number of carbonyl (C=O) groups excluding carboxylic acids is 1. The van der Waals surface area contributed by atoms with E-state index in [4.69, 9.17) is 17.3 Å². The van der Waals surface area contributed by atoms with E-state index in [1.165, 1.54) is 18.6 Å². The molecule has 1 aliphatic rings. The van der Waals surface area contributed by atoms with Gasteiger partial charge in [-0.2, -0.15) is 0 Å². The minimum absolute atomic E-state index is 0.120. The monoisotopic (exact) mass is 298 g/mol. The normalized spacial score (nSPS) is 17.8. The third-order valence-electron chi connectivity index (χ3n) is 4.09. The Balaban J connectivity index is 2.00. The second-order valence-electron chi connectivity index (χ2n) is 5.61. The number of halogens is 2. The molecule has 1 amide bonds. The number of amides is 1. The van der Waals surface area contributed by atoms with E-state index in [2.05, 4.69) is 5.32 Å². The molecule has 2 rings (SSSR count). The Hall–Kier alpha value is -1.13. The summed E-state index contributed by atoms with van der Waals surface area (Å²) in [7, 11) is 0. The summed E-state index contributed by atoms with van der Waals surface area (Å²) in [6.07, 6.45) is 5.72. The first-order valence-corrected chi connectivity index (χ1v) is 7.37. The quantitative estimate of drug-likeness (QED) is 0.890. The number of benzene rings is 1. The van der Waals surface area contributed by atoms with Crippen LogP contribution in [0.3, 0.4) is 0 Å². The van der Waals surface area contributed by atoms with E-state index in [9.17, 15) is 9.18 Å². The van der Waals surface area contributed by atoms with Gasteiger partial charge in [0.15, 0.2) is 0 Å². The van der Waals surface area contributed by atoms with E-state index in [0.29, 0.717) is 18.0 Å². The number of hydrogen-bond acceptors (Lipinski definition) is 2. The Labute approximate surface area is 123 Å². The maximum atomic E-state index is 13.6. The second kappa shape index (κ2) is 6.55. The van der Waals surface area contributed by atoms with Crippen molar-refractivity contribution in [2.24, 2.45) is 11.1 Å². The van der Waals surface area contributed by atoms with Crippen molar-refractivity contribution in [3.8, 4) is 0 Å². The van der Waals surface area contributed by atoms with Crippen LogP contribution in [0.2, 0.25) is 5.02 Å². The summed E-state index contributed by atoms with van der Waals surface area (Å²) in [6.45, 7) is 0.503. The number of rotatable bonds is 4. The minimum Gasteiger partial charge on any atom is -0.330 e. The van der Waals surface area contributed by atoms with Gasteiger partial charge in [0.1, 0.15) is 5.82 Å². The zero-order chi connectivity index (χ0) is 14.6. The Morgan fingerprint density at radius 1 is 1.35 bits per heavy atom. The fraction of sp³-hybridized carbons (Fsp3) is 0.533. The lowest BCUT2D eigenvalue weighted by atomic mass is 9.71. The maximum absolute atomic E-state index is 13.6. The molecule has 0 heterocycles. The molecule has 0 radical (unpaired) electrons. The zero-order valence-corrected chi connectivity index (χ0v) is 12.2. The Bertz CT molecular complexity index is 487. The first-order valence-electron chi connectivity index (χ1n) is 7.00. The smallest absolute Gasteiger partial charge is 0.225 e. The predicted molar refractivity (Wildman–Crippen MR) is 79.2 cm³/mol. The summed E-state index contributed by atoms with van der Waals surface area (Å²) in [6, 6.07) is 4.22. The third kappa shape index (κ3) is 3.70. The van der Waals surface area contributed by atoms with Crippen LogP contribution in [0.5, 0.6) is 0 Å². The standard InChI is InChI=1S/C15H20ClFN2O/c16-11-4-5-13(12(17)8-11)19-14(20)9-15(10-18)6-2-1-3-7-15/h4-5,8H,1-3,6-7,9-10,18H2,(H,19,20). The van der Waals surface area contributed by atoms with Gasteiger partial charge in [-0.1, -0.05) is 30.9 Å². The summed E-state index contributed by atoms with van der Waals surface area (Å²) in [5.41, 5.74) is 5.91. The van der Waals surface area contributed by atoms with Crippen LogP contribution >= 0.6 is 11.6 Å². The molecule has 0 bridgehead atoms. The van der Waals surface area contributed by atoms with E-state index < -0.39 is 5.82 Å². The molecule has 110 valence electrons. The topological polar surface area (TPSA) is 55.1 Å². The third-order valence-corrected chi connectivity index (χ3v) is 4.32. The highest BCUT2D eigenvalue weighted by molar-refractivity contribution is 6.30. The molecule has 1 aromatic rings. The van der Waals surface area contributed by atoms with Crippen molar-refractivity contribution >= 4 is 23.2 Å². The van der Waals surface area contributed by atoms with Crippen LogP contribution in [0.25, 0.3) is 0 Å². The minimum atomic E-state index is -0.517. The number of carbonyl (C=O) groups is 1. The van der Waals surface area contributed by atoms with Gasteiger partial charge in [-0.15, -0.1) is 0 Å². The highest BCUT2D eigenvalue weighted by atomic mass is 35.5. The van der Waals surface area contributed by atoms with Crippen molar-refractivity contribution in [1.29, 1.82) is 0 Å². The molecule has 0 spiro atoms. The molecule has 0 unspecified atom stereocenters. The molecule has 0 saturated heterocycles. The van der Waals surface area contributed by atoms with Crippen LogP contribution in [-0.2, 0) is 4.79 Å². The van der Waals surface area contributed by atoms with Gasteiger partial charge in [-0.3, -0.25) is 4.79 Å². The highest BCUT2D eigenvalue weighted by Crippen LogP contribution is 2.38. The van der Waals surface area contributed by atoms with Crippen molar-refractivity contribution in [3.63, 3.8) is 0 Å². The van der Waals surface area contributed by atoms with E-state index >= 15 is 0 Å². The Kier molecular flexibility index (Phi) is 5.00. The van der Waals surface area contributed by atoms with Crippen molar-refractivity contribution in [2.45, 2.75) is 38.5 Å². The van der Waals surface area contributed by atoms with Crippen LogP contribution < -0.4 is 11.1 Å². The van der Waals surface area contributed by atoms with Crippen molar-refractivity contribution in [1.82, 2.24) is 0 Å². The number of hydrogen-bond donors (Lipinski definition) is 2. The van der Waals surface area contributed by atoms with Gasteiger partial charge in [-0.05, 0) is 43.0 Å². The summed E-state index contributed by atoms with van der Waals surface area (Å²) >= 11 is 5.68. The average Bonchev–Trinajstić information content (AvgIpc) is 2.43. The molecule has 1 aromatic carbocycles. The van der Waals surface area contributed by atoms with Gasteiger partial charge in [0, 0.05) is 11.4 Å². The van der Waals surface area contributed by atoms with Crippen LogP contribution in [0.4, 0.5) is 10.1 Å². The van der Waals surface area contributed by atoms with E-state index in [1.807, 2.05) is 0 Å². The first kappa shape index (κ1) is 15.3. The SMILES string of the molecule is NCC1(CC(=O)Nc2ccc(Cl)cc2F)CCCCC1. The molecule has 1 aliphatic carbocycles. The molecule has 5 heteroatoms. The van der Waals surface area contributed by atoms with Gasteiger partial charge < -0.3 is 11.1 Å². The fourth-order valence-corrected chi connectivity index (χ4v) is 3.04. The number of anilines is 1. The van der Waals surface area contributed by atoms with Crippen LogP contribution in [0.1, 0.15) is 38.5 Å².